The summed E-state index contributed by atoms with van der Waals surface area (Å²) in [7, 11) is 0. The quantitative estimate of drug-likeness (QED) is 0.899. The van der Waals surface area contributed by atoms with Gasteiger partial charge in [0.05, 0.1) is 0 Å². The Kier molecular flexibility index (Phi) is 5.06. The molecule has 1 amide bonds. The highest BCUT2D eigenvalue weighted by atomic mass is 19.2. The molecule has 0 radical (unpaired) electrons. The van der Waals surface area contributed by atoms with Crippen molar-refractivity contribution in [2.75, 3.05) is 19.6 Å². The van der Waals surface area contributed by atoms with E-state index in [1.807, 2.05) is 4.90 Å². The van der Waals surface area contributed by atoms with E-state index in [0.717, 1.165) is 31.1 Å². The predicted molar refractivity (Wildman–Crippen MR) is 73.0 cm³/mol. The Labute approximate surface area is 117 Å². The van der Waals surface area contributed by atoms with Crippen molar-refractivity contribution < 1.29 is 13.6 Å². The molecule has 1 aromatic carbocycles. The van der Waals surface area contributed by atoms with Crippen LogP contribution in [0.5, 0.6) is 0 Å². The molecule has 0 spiro atoms. The van der Waals surface area contributed by atoms with Crippen LogP contribution in [0, 0.1) is 17.6 Å². The van der Waals surface area contributed by atoms with E-state index in [1.54, 1.807) is 6.07 Å². The molecule has 0 bridgehead atoms. The first-order valence-electron chi connectivity index (χ1n) is 7.02. The molecule has 1 aliphatic heterocycles. The largest absolute Gasteiger partial charge is 0.342 e. The number of carbonyl (C=O) groups is 1. The van der Waals surface area contributed by atoms with Crippen LogP contribution in [-0.2, 0) is 11.2 Å². The van der Waals surface area contributed by atoms with Crippen LogP contribution >= 0.6 is 0 Å². The van der Waals surface area contributed by atoms with Crippen LogP contribution in [0.3, 0.4) is 0 Å². The second kappa shape index (κ2) is 6.79. The SMILES string of the molecule is NCC1CCN(C(=O)CCCc2ccc(F)c(F)c2)C1. The number of nitrogens with zero attached hydrogens (tertiary/aromatic N) is 1. The Morgan fingerprint density at radius 1 is 1.35 bits per heavy atom. The highest BCUT2D eigenvalue weighted by Crippen LogP contribution is 2.17. The summed E-state index contributed by atoms with van der Waals surface area (Å²) < 4.78 is 25.8. The zero-order valence-corrected chi connectivity index (χ0v) is 11.4. The maximum Gasteiger partial charge on any atom is 0.222 e. The van der Waals surface area contributed by atoms with Crippen LogP contribution in [0.4, 0.5) is 8.78 Å². The summed E-state index contributed by atoms with van der Waals surface area (Å²) in [6.07, 6.45) is 2.65. The van der Waals surface area contributed by atoms with Crippen LogP contribution < -0.4 is 5.73 Å². The molecule has 1 unspecified atom stereocenters. The van der Waals surface area contributed by atoms with E-state index >= 15 is 0 Å². The van der Waals surface area contributed by atoms with Gasteiger partial charge in [0.15, 0.2) is 11.6 Å². The van der Waals surface area contributed by atoms with Gasteiger partial charge in [-0.05, 0) is 49.4 Å². The third kappa shape index (κ3) is 3.76. The van der Waals surface area contributed by atoms with Crippen molar-refractivity contribution in [3.05, 3.63) is 35.4 Å². The first kappa shape index (κ1) is 14.9. The highest BCUT2D eigenvalue weighted by Gasteiger charge is 2.24. The lowest BCUT2D eigenvalue weighted by Crippen LogP contribution is -2.29. The van der Waals surface area contributed by atoms with Crippen LogP contribution in [0.2, 0.25) is 0 Å². The van der Waals surface area contributed by atoms with Crippen LogP contribution in [0.1, 0.15) is 24.8 Å². The zero-order chi connectivity index (χ0) is 14.5. The first-order valence-corrected chi connectivity index (χ1v) is 7.02. The Balaban J connectivity index is 1.75. The van der Waals surface area contributed by atoms with E-state index in [1.165, 1.54) is 6.07 Å². The average Bonchev–Trinajstić information content (AvgIpc) is 2.91. The smallest absolute Gasteiger partial charge is 0.222 e. The number of likely N-dealkylation sites (tertiary alicyclic amines) is 1. The van der Waals surface area contributed by atoms with E-state index in [4.69, 9.17) is 5.73 Å². The summed E-state index contributed by atoms with van der Waals surface area (Å²) >= 11 is 0. The van der Waals surface area contributed by atoms with Gasteiger partial charge in [0.1, 0.15) is 0 Å². The molecule has 0 aliphatic carbocycles. The molecule has 0 aromatic heterocycles. The second-order valence-electron chi connectivity index (χ2n) is 5.33. The van der Waals surface area contributed by atoms with Crippen molar-refractivity contribution in [1.29, 1.82) is 0 Å². The lowest BCUT2D eigenvalue weighted by atomic mass is 10.1. The molecule has 1 aliphatic rings. The van der Waals surface area contributed by atoms with Crippen molar-refractivity contribution in [3.63, 3.8) is 0 Å². The van der Waals surface area contributed by atoms with Crippen molar-refractivity contribution in [2.24, 2.45) is 11.7 Å². The molecule has 1 fully saturated rings. The number of benzene rings is 1. The lowest BCUT2D eigenvalue weighted by Gasteiger charge is -2.16. The normalized spacial score (nSPS) is 18.6. The molecule has 0 saturated carbocycles. The van der Waals surface area contributed by atoms with Gasteiger partial charge >= 0.3 is 0 Å². The fourth-order valence-corrected chi connectivity index (χ4v) is 2.55. The van der Waals surface area contributed by atoms with Gasteiger partial charge in [-0.3, -0.25) is 4.79 Å². The van der Waals surface area contributed by atoms with Gasteiger partial charge in [-0.15, -0.1) is 0 Å². The summed E-state index contributed by atoms with van der Waals surface area (Å²) in [5.41, 5.74) is 6.31. The third-order valence-corrected chi connectivity index (χ3v) is 3.81. The summed E-state index contributed by atoms with van der Waals surface area (Å²) in [6, 6.07) is 3.88. The lowest BCUT2D eigenvalue weighted by molar-refractivity contribution is -0.130. The summed E-state index contributed by atoms with van der Waals surface area (Å²) in [5, 5.41) is 0. The Morgan fingerprint density at radius 2 is 2.15 bits per heavy atom. The van der Waals surface area contributed by atoms with Crippen LogP contribution in [-0.4, -0.2) is 30.4 Å². The summed E-state index contributed by atoms with van der Waals surface area (Å²) in [6.45, 7) is 2.16. The summed E-state index contributed by atoms with van der Waals surface area (Å²) in [5.74, 6) is -1.12. The van der Waals surface area contributed by atoms with Gasteiger partial charge in [0.25, 0.3) is 0 Å². The van der Waals surface area contributed by atoms with Crippen molar-refractivity contribution in [1.82, 2.24) is 4.90 Å². The van der Waals surface area contributed by atoms with E-state index in [2.05, 4.69) is 0 Å². The topological polar surface area (TPSA) is 46.3 Å². The van der Waals surface area contributed by atoms with Gasteiger partial charge in [-0.2, -0.15) is 0 Å². The number of nitrogens with two attached hydrogens (primary N) is 1. The number of hydrogen-bond donors (Lipinski definition) is 1. The average molecular weight is 282 g/mol. The molecular weight excluding hydrogens is 262 g/mol. The molecule has 1 heterocycles. The van der Waals surface area contributed by atoms with Gasteiger partial charge in [-0.1, -0.05) is 6.07 Å². The number of aryl methyl sites for hydroxylation is 1. The molecule has 1 saturated heterocycles. The highest BCUT2D eigenvalue weighted by molar-refractivity contribution is 5.76. The van der Waals surface area contributed by atoms with E-state index in [-0.39, 0.29) is 5.91 Å². The first-order chi connectivity index (χ1) is 9.60. The molecule has 20 heavy (non-hydrogen) atoms. The Morgan fingerprint density at radius 3 is 2.80 bits per heavy atom. The Bertz CT molecular complexity index is 479. The number of halogens is 2. The van der Waals surface area contributed by atoms with Crippen LogP contribution in [0.15, 0.2) is 18.2 Å². The third-order valence-electron chi connectivity index (χ3n) is 3.81. The fourth-order valence-electron chi connectivity index (χ4n) is 2.55. The van der Waals surface area contributed by atoms with E-state index in [9.17, 15) is 13.6 Å². The monoisotopic (exact) mass is 282 g/mol. The maximum atomic E-state index is 13.0. The number of hydrogen-bond acceptors (Lipinski definition) is 2. The minimum absolute atomic E-state index is 0.128. The Hall–Kier alpha value is -1.49. The van der Waals surface area contributed by atoms with Crippen molar-refractivity contribution >= 4 is 5.91 Å². The van der Waals surface area contributed by atoms with E-state index < -0.39 is 11.6 Å². The van der Waals surface area contributed by atoms with Gasteiger partial charge in [0, 0.05) is 19.5 Å². The predicted octanol–water partition coefficient (Wildman–Crippen LogP) is 2.09. The molecule has 110 valence electrons. The molecule has 3 nitrogen and oxygen atoms in total. The fraction of sp³-hybridized carbons (Fsp3) is 0.533. The molecular formula is C15H20F2N2O. The van der Waals surface area contributed by atoms with Crippen molar-refractivity contribution in [3.8, 4) is 0 Å². The number of amides is 1. The van der Waals surface area contributed by atoms with Gasteiger partial charge in [0.2, 0.25) is 5.91 Å². The summed E-state index contributed by atoms with van der Waals surface area (Å²) in [4.78, 5) is 13.8. The zero-order valence-electron chi connectivity index (χ0n) is 11.4. The second-order valence-corrected chi connectivity index (χ2v) is 5.33. The van der Waals surface area contributed by atoms with Crippen LogP contribution in [0.25, 0.3) is 0 Å². The van der Waals surface area contributed by atoms with E-state index in [0.29, 0.717) is 31.7 Å². The van der Waals surface area contributed by atoms with Crippen molar-refractivity contribution in [2.45, 2.75) is 25.7 Å². The maximum absolute atomic E-state index is 13.0. The minimum atomic E-state index is -0.838. The van der Waals surface area contributed by atoms with Gasteiger partial charge in [-0.25, -0.2) is 8.78 Å². The minimum Gasteiger partial charge on any atom is -0.342 e. The van der Waals surface area contributed by atoms with Gasteiger partial charge < -0.3 is 10.6 Å². The standard InChI is InChI=1S/C15H20F2N2O/c16-13-5-4-11(8-14(13)17)2-1-3-15(20)19-7-6-12(9-18)10-19/h4-5,8,12H,1-3,6-7,9-10,18H2. The number of rotatable bonds is 5. The molecule has 5 heteroatoms. The number of carbonyl (C=O) groups excluding carboxylic acids is 1. The molecule has 2 rings (SSSR count). The molecule has 1 aromatic rings. The molecule has 2 N–H and O–H groups in total. The molecule has 1 atom stereocenters.